The van der Waals surface area contributed by atoms with Gasteiger partial charge in [0, 0.05) is 34.8 Å². The van der Waals surface area contributed by atoms with Gasteiger partial charge in [0.1, 0.15) is 0 Å². The highest BCUT2D eigenvalue weighted by molar-refractivity contribution is 6.30. The van der Waals surface area contributed by atoms with Crippen LogP contribution in [0.2, 0.25) is 5.02 Å². The molecule has 1 nitrogen and oxygen atoms in total. The third kappa shape index (κ3) is 2.24. The molecular weight excluding hydrogens is 278 g/mol. The lowest BCUT2D eigenvalue weighted by Crippen LogP contribution is -2.23. The van der Waals surface area contributed by atoms with Gasteiger partial charge >= 0.3 is 0 Å². The van der Waals surface area contributed by atoms with Crippen LogP contribution in [-0.4, -0.2) is 11.4 Å². The molecule has 0 N–H and O–H groups in total. The standard InChI is InChI=1S/C19H22ClN/c1-13-6-5-11-21(13)18-12-19(4,15(3)14(18)2)16-7-9-17(20)10-8-16/h7-10H,1,3,5-6,11-12H2,2,4H3. The number of likely N-dealkylation sites (tertiary alicyclic amines) is 1. The third-order valence-electron chi connectivity index (χ3n) is 5.11. The fraction of sp³-hybridized carbons (Fsp3) is 0.368. The highest BCUT2D eigenvalue weighted by atomic mass is 35.5. The van der Waals surface area contributed by atoms with Crippen molar-refractivity contribution in [3.63, 3.8) is 0 Å². The van der Waals surface area contributed by atoms with E-state index in [1.807, 2.05) is 12.1 Å². The van der Waals surface area contributed by atoms with Gasteiger partial charge in [-0.25, -0.2) is 0 Å². The Hall–Kier alpha value is -1.47. The molecule has 1 aliphatic heterocycles. The Morgan fingerprint density at radius 1 is 1.19 bits per heavy atom. The number of nitrogens with zero attached hydrogens (tertiary/aromatic N) is 1. The summed E-state index contributed by atoms with van der Waals surface area (Å²) >= 11 is 6.03. The van der Waals surface area contributed by atoms with E-state index in [4.69, 9.17) is 11.6 Å². The van der Waals surface area contributed by atoms with Crippen molar-refractivity contribution >= 4 is 11.6 Å². The van der Waals surface area contributed by atoms with Crippen molar-refractivity contribution < 1.29 is 0 Å². The van der Waals surface area contributed by atoms with E-state index in [0.717, 1.165) is 24.4 Å². The number of benzene rings is 1. The van der Waals surface area contributed by atoms with Gasteiger partial charge in [-0.2, -0.15) is 0 Å². The maximum atomic E-state index is 6.03. The monoisotopic (exact) mass is 299 g/mol. The van der Waals surface area contributed by atoms with E-state index in [0.29, 0.717) is 0 Å². The van der Waals surface area contributed by atoms with Crippen molar-refractivity contribution in [2.75, 3.05) is 6.54 Å². The summed E-state index contributed by atoms with van der Waals surface area (Å²) in [5, 5.41) is 0.781. The number of allylic oxidation sites excluding steroid dienone is 4. The van der Waals surface area contributed by atoms with Crippen LogP contribution in [0.3, 0.4) is 0 Å². The molecule has 2 heteroatoms. The zero-order chi connectivity index (χ0) is 15.2. The van der Waals surface area contributed by atoms with Gasteiger partial charge in [0.05, 0.1) is 0 Å². The molecule has 3 rings (SSSR count). The highest BCUT2D eigenvalue weighted by Crippen LogP contribution is 2.49. The van der Waals surface area contributed by atoms with E-state index in [9.17, 15) is 0 Å². The zero-order valence-electron chi connectivity index (χ0n) is 12.9. The summed E-state index contributed by atoms with van der Waals surface area (Å²) in [4.78, 5) is 2.40. The Labute approximate surface area is 132 Å². The maximum absolute atomic E-state index is 6.03. The molecule has 0 saturated carbocycles. The Balaban J connectivity index is 1.96. The average Bonchev–Trinajstić information content (AvgIpc) is 2.98. The van der Waals surface area contributed by atoms with Crippen LogP contribution in [0.1, 0.15) is 38.7 Å². The van der Waals surface area contributed by atoms with Gasteiger partial charge in [-0.15, -0.1) is 0 Å². The molecule has 1 aromatic rings. The van der Waals surface area contributed by atoms with Crippen molar-refractivity contribution in [2.24, 2.45) is 0 Å². The fourth-order valence-corrected chi connectivity index (χ4v) is 3.74. The third-order valence-corrected chi connectivity index (χ3v) is 5.36. The number of halogens is 1. The molecule has 110 valence electrons. The molecule has 1 fully saturated rings. The molecule has 1 aromatic carbocycles. The van der Waals surface area contributed by atoms with Gasteiger partial charge in [-0.1, -0.05) is 43.8 Å². The average molecular weight is 300 g/mol. The normalized spacial score (nSPS) is 26.1. The van der Waals surface area contributed by atoms with Crippen LogP contribution >= 0.6 is 11.6 Å². The van der Waals surface area contributed by atoms with Crippen LogP contribution in [0, 0.1) is 0 Å². The number of hydrogen-bond donors (Lipinski definition) is 0. The maximum Gasteiger partial charge on any atom is 0.0406 e. The largest absolute Gasteiger partial charge is 0.349 e. The quantitative estimate of drug-likeness (QED) is 0.702. The van der Waals surface area contributed by atoms with Crippen molar-refractivity contribution in [3.8, 4) is 0 Å². The van der Waals surface area contributed by atoms with Crippen LogP contribution in [0.15, 0.2) is 60.0 Å². The first-order valence-electron chi connectivity index (χ1n) is 7.54. The number of rotatable bonds is 2. The SMILES string of the molecule is C=C1CCCN1C1=C(C)C(=C)C(C)(c2ccc(Cl)cc2)C1. The lowest BCUT2D eigenvalue weighted by Gasteiger charge is -2.29. The van der Waals surface area contributed by atoms with E-state index < -0.39 is 0 Å². The topological polar surface area (TPSA) is 3.24 Å². The molecule has 0 spiro atoms. The predicted octanol–water partition coefficient (Wildman–Crippen LogP) is 5.44. The van der Waals surface area contributed by atoms with Crippen LogP contribution < -0.4 is 0 Å². The molecule has 0 radical (unpaired) electrons. The van der Waals surface area contributed by atoms with E-state index in [1.165, 1.54) is 34.5 Å². The summed E-state index contributed by atoms with van der Waals surface area (Å²) in [6, 6.07) is 8.19. The Morgan fingerprint density at radius 2 is 1.86 bits per heavy atom. The molecule has 2 aliphatic rings. The van der Waals surface area contributed by atoms with Crippen LogP contribution in [-0.2, 0) is 5.41 Å². The molecule has 1 heterocycles. The summed E-state index contributed by atoms with van der Waals surface area (Å²) in [5.41, 5.74) is 6.45. The summed E-state index contributed by atoms with van der Waals surface area (Å²) in [6.07, 6.45) is 3.32. The second kappa shape index (κ2) is 5.06. The molecule has 1 saturated heterocycles. The molecule has 1 aliphatic carbocycles. The minimum absolute atomic E-state index is 0.0348. The fourth-order valence-electron chi connectivity index (χ4n) is 3.61. The minimum atomic E-state index is -0.0348. The van der Waals surface area contributed by atoms with Gasteiger partial charge in [0.2, 0.25) is 0 Å². The van der Waals surface area contributed by atoms with Crippen molar-refractivity contribution in [1.29, 1.82) is 0 Å². The molecule has 1 unspecified atom stereocenters. The van der Waals surface area contributed by atoms with E-state index in [2.05, 4.69) is 44.0 Å². The smallest absolute Gasteiger partial charge is 0.0406 e. The molecule has 1 atom stereocenters. The van der Waals surface area contributed by atoms with Crippen molar-refractivity contribution in [2.45, 2.75) is 38.5 Å². The summed E-state index contributed by atoms with van der Waals surface area (Å²) in [6.45, 7) is 14.2. The second-order valence-corrected chi connectivity index (χ2v) is 6.82. The summed E-state index contributed by atoms with van der Waals surface area (Å²) in [7, 11) is 0. The van der Waals surface area contributed by atoms with Gasteiger partial charge in [-0.05, 0) is 48.6 Å². The molecule has 0 amide bonds. The van der Waals surface area contributed by atoms with E-state index in [-0.39, 0.29) is 5.41 Å². The van der Waals surface area contributed by atoms with E-state index in [1.54, 1.807) is 0 Å². The highest BCUT2D eigenvalue weighted by Gasteiger charge is 2.40. The number of hydrogen-bond acceptors (Lipinski definition) is 1. The minimum Gasteiger partial charge on any atom is -0.349 e. The molecule has 0 aromatic heterocycles. The van der Waals surface area contributed by atoms with Crippen molar-refractivity contribution in [3.05, 3.63) is 70.5 Å². The molecule has 21 heavy (non-hydrogen) atoms. The Kier molecular flexibility index (Phi) is 3.49. The zero-order valence-corrected chi connectivity index (χ0v) is 13.6. The Morgan fingerprint density at radius 3 is 2.43 bits per heavy atom. The second-order valence-electron chi connectivity index (χ2n) is 6.39. The summed E-state index contributed by atoms with van der Waals surface area (Å²) < 4.78 is 0. The van der Waals surface area contributed by atoms with Gasteiger partial charge in [-0.3, -0.25) is 0 Å². The van der Waals surface area contributed by atoms with Gasteiger partial charge < -0.3 is 4.90 Å². The lowest BCUT2D eigenvalue weighted by atomic mass is 9.76. The summed E-state index contributed by atoms with van der Waals surface area (Å²) in [5.74, 6) is 0. The predicted molar refractivity (Wildman–Crippen MR) is 90.3 cm³/mol. The first kappa shape index (κ1) is 14.5. The van der Waals surface area contributed by atoms with Crippen LogP contribution in [0.25, 0.3) is 0 Å². The Bertz CT molecular complexity index is 638. The lowest BCUT2D eigenvalue weighted by molar-refractivity contribution is 0.442. The van der Waals surface area contributed by atoms with Gasteiger partial charge in [0.25, 0.3) is 0 Å². The molecule has 0 bridgehead atoms. The van der Waals surface area contributed by atoms with Gasteiger partial charge in [0.15, 0.2) is 0 Å². The van der Waals surface area contributed by atoms with Crippen LogP contribution in [0.5, 0.6) is 0 Å². The van der Waals surface area contributed by atoms with Crippen LogP contribution in [0.4, 0.5) is 0 Å². The first-order valence-corrected chi connectivity index (χ1v) is 7.92. The van der Waals surface area contributed by atoms with E-state index >= 15 is 0 Å². The first-order chi connectivity index (χ1) is 9.93. The molecular formula is C19H22ClN. The van der Waals surface area contributed by atoms with Crippen molar-refractivity contribution in [1.82, 2.24) is 4.90 Å².